The van der Waals surface area contributed by atoms with Crippen LogP contribution in [0.1, 0.15) is 61.3 Å². The Morgan fingerprint density at radius 3 is 1.42 bits per heavy atom. The van der Waals surface area contributed by atoms with E-state index in [0.29, 0.717) is 18.0 Å². The maximum Gasteiger partial charge on any atom is 0.0983 e. The predicted molar refractivity (Wildman–Crippen MR) is 103 cm³/mol. The Bertz CT molecular complexity index is 591. The van der Waals surface area contributed by atoms with Crippen molar-refractivity contribution < 1.29 is 0 Å². The lowest BCUT2D eigenvalue weighted by atomic mass is 9.88. The van der Waals surface area contributed by atoms with Crippen LogP contribution in [-0.2, 0) is 0 Å². The summed E-state index contributed by atoms with van der Waals surface area (Å²) >= 11 is 0. The number of nitrogens with zero attached hydrogens (tertiary/aromatic N) is 2. The van der Waals surface area contributed by atoms with Gasteiger partial charge in [0.2, 0.25) is 0 Å². The molecule has 132 valence electrons. The Labute approximate surface area is 148 Å². The van der Waals surface area contributed by atoms with E-state index in [4.69, 9.17) is 0 Å². The van der Waals surface area contributed by atoms with Crippen LogP contribution >= 0.6 is 0 Å². The summed E-state index contributed by atoms with van der Waals surface area (Å²) in [5.74, 6) is 1.27. The van der Waals surface area contributed by atoms with Gasteiger partial charge in [-0.15, -0.1) is 0 Å². The van der Waals surface area contributed by atoms with Crippen LogP contribution in [0, 0.1) is 11.8 Å². The fraction of sp³-hybridized carbons (Fsp3) is 0.636. The quantitative estimate of drug-likeness (QED) is 0.664. The lowest BCUT2D eigenvalue weighted by Gasteiger charge is -2.39. The minimum atomic E-state index is 0.461. The van der Waals surface area contributed by atoms with Gasteiger partial charge in [-0.05, 0) is 58.6 Å². The van der Waals surface area contributed by atoms with Crippen LogP contribution in [0.2, 0.25) is 0 Å². The topological polar surface area (TPSA) is 6.48 Å². The third-order valence-electron chi connectivity index (χ3n) is 6.03. The van der Waals surface area contributed by atoms with Gasteiger partial charge in [0.15, 0.2) is 0 Å². The van der Waals surface area contributed by atoms with Gasteiger partial charge in [0.05, 0.1) is 6.17 Å². The van der Waals surface area contributed by atoms with Crippen LogP contribution in [0.15, 0.2) is 45.8 Å². The second kappa shape index (κ2) is 6.46. The molecular formula is C22H34N2. The average molecular weight is 327 g/mol. The molecule has 1 fully saturated rings. The van der Waals surface area contributed by atoms with Gasteiger partial charge >= 0.3 is 0 Å². The van der Waals surface area contributed by atoms with Crippen molar-refractivity contribution in [1.29, 1.82) is 0 Å². The zero-order chi connectivity index (χ0) is 17.6. The summed E-state index contributed by atoms with van der Waals surface area (Å²) in [6.45, 7) is 18.6. The highest BCUT2D eigenvalue weighted by Gasteiger charge is 2.36. The molecule has 0 spiro atoms. The van der Waals surface area contributed by atoms with E-state index in [1.807, 2.05) is 0 Å². The van der Waals surface area contributed by atoms with Crippen LogP contribution < -0.4 is 0 Å². The van der Waals surface area contributed by atoms with Gasteiger partial charge in [-0.2, -0.15) is 0 Å². The van der Waals surface area contributed by atoms with Gasteiger partial charge in [0, 0.05) is 36.3 Å². The molecule has 3 rings (SSSR count). The first-order valence-electron chi connectivity index (χ1n) is 9.58. The summed E-state index contributed by atoms with van der Waals surface area (Å²) in [6, 6.07) is 0. The maximum atomic E-state index is 2.67. The third kappa shape index (κ3) is 2.96. The number of hydrogen-bond acceptors (Lipinski definition) is 2. The van der Waals surface area contributed by atoms with E-state index in [0.717, 1.165) is 13.1 Å². The molecule has 24 heavy (non-hydrogen) atoms. The molecule has 2 nitrogen and oxygen atoms in total. The highest BCUT2D eigenvalue weighted by atomic mass is 15.4. The molecule has 2 unspecified atom stereocenters. The minimum Gasteiger partial charge on any atom is -0.353 e. The minimum absolute atomic E-state index is 0.461. The van der Waals surface area contributed by atoms with Crippen molar-refractivity contribution in [3.05, 3.63) is 45.8 Å². The maximum absolute atomic E-state index is 2.67. The van der Waals surface area contributed by atoms with Crippen LogP contribution in [0.25, 0.3) is 0 Å². The SMILES string of the molecule is CC1=CC(C)=C(N2CCN(C3=C(C)C=C(C)CC3C)C2C)C(C)C1. The molecule has 2 atom stereocenters. The van der Waals surface area contributed by atoms with Gasteiger partial charge in [0.25, 0.3) is 0 Å². The van der Waals surface area contributed by atoms with E-state index in [1.54, 1.807) is 11.4 Å². The van der Waals surface area contributed by atoms with Crippen LogP contribution in [0.4, 0.5) is 0 Å². The molecule has 0 N–H and O–H groups in total. The predicted octanol–water partition coefficient (Wildman–Crippen LogP) is 5.47. The normalized spacial score (nSPS) is 31.7. The number of hydrogen-bond donors (Lipinski definition) is 0. The van der Waals surface area contributed by atoms with Gasteiger partial charge in [0.1, 0.15) is 0 Å². The van der Waals surface area contributed by atoms with Gasteiger partial charge in [-0.1, -0.05) is 37.1 Å². The van der Waals surface area contributed by atoms with Crippen molar-refractivity contribution in [1.82, 2.24) is 9.80 Å². The van der Waals surface area contributed by atoms with E-state index in [9.17, 15) is 0 Å². The van der Waals surface area contributed by atoms with Crippen LogP contribution in [0.5, 0.6) is 0 Å². The van der Waals surface area contributed by atoms with E-state index in [2.05, 4.69) is 70.4 Å². The molecule has 0 aromatic carbocycles. The van der Waals surface area contributed by atoms with E-state index in [1.165, 1.54) is 35.1 Å². The second-order valence-electron chi connectivity index (χ2n) is 8.35. The Morgan fingerprint density at radius 2 is 1.08 bits per heavy atom. The van der Waals surface area contributed by atoms with Gasteiger partial charge in [-0.25, -0.2) is 0 Å². The van der Waals surface area contributed by atoms with Crippen LogP contribution in [-0.4, -0.2) is 29.1 Å². The zero-order valence-electron chi connectivity index (χ0n) is 16.6. The molecule has 0 radical (unpaired) electrons. The Hall–Kier alpha value is -1.44. The summed E-state index contributed by atoms with van der Waals surface area (Å²) in [4.78, 5) is 5.34. The molecule has 0 amide bonds. The van der Waals surface area contributed by atoms with E-state index >= 15 is 0 Å². The van der Waals surface area contributed by atoms with Gasteiger partial charge in [-0.3, -0.25) is 0 Å². The molecule has 2 heteroatoms. The molecule has 2 aliphatic carbocycles. The van der Waals surface area contributed by atoms with Crippen molar-refractivity contribution in [3.8, 4) is 0 Å². The Balaban J connectivity index is 1.90. The Kier molecular flexibility index (Phi) is 4.68. The van der Waals surface area contributed by atoms with Crippen molar-refractivity contribution in [3.63, 3.8) is 0 Å². The summed E-state index contributed by atoms with van der Waals surface area (Å²) in [5, 5.41) is 0. The summed E-state index contributed by atoms with van der Waals surface area (Å²) < 4.78 is 0. The van der Waals surface area contributed by atoms with E-state index in [-0.39, 0.29) is 0 Å². The lowest BCUT2D eigenvalue weighted by molar-refractivity contribution is 0.187. The van der Waals surface area contributed by atoms with Crippen molar-refractivity contribution in [2.75, 3.05) is 13.1 Å². The lowest BCUT2D eigenvalue weighted by Crippen LogP contribution is -2.39. The molecular weight excluding hydrogens is 292 g/mol. The Morgan fingerprint density at radius 1 is 0.708 bits per heavy atom. The highest BCUT2D eigenvalue weighted by Crippen LogP contribution is 2.39. The average Bonchev–Trinajstić information content (AvgIpc) is 2.79. The number of rotatable bonds is 2. The molecule has 3 aliphatic rings. The summed E-state index contributed by atoms with van der Waals surface area (Å²) in [6.07, 6.45) is 7.66. The molecule has 0 aromatic rings. The first-order valence-corrected chi connectivity index (χ1v) is 9.58. The van der Waals surface area contributed by atoms with Crippen molar-refractivity contribution in [2.24, 2.45) is 11.8 Å². The monoisotopic (exact) mass is 326 g/mol. The smallest absolute Gasteiger partial charge is 0.0983 e. The van der Waals surface area contributed by atoms with E-state index < -0.39 is 0 Å². The largest absolute Gasteiger partial charge is 0.353 e. The molecule has 1 heterocycles. The molecule has 0 aromatic heterocycles. The molecule has 0 saturated carbocycles. The standard InChI is InChI=1S/C22H34N2/c1-14-10-16(3)21(17(4)11-14)23-8-9-24(20(23)7)22-18(5)12-15(2)13-19(22)6/h10,12,17,19-20H,8-9,11,13H2,1-7H3. The zero-order valence-corrected chi connectivity index (χ0v) is 16.6. The molecule has 0 bridgehead atoms. The first kappa shape index (κ1) is 17.4. The van der Waals surface area contributed by atoms with Crippen LogP contribution in [0.3, 0.4) is 0 Å². The number of allylic oxidation sites excluding steroid dienone is 8. The third-order valence-corrected chi connectivity index (χ3v) is 6.03. The van der Waals surface area contributed by atoms with Crippen molar-refractivity contribution >= 4 is 0 Å². The fourth-order valence-electron chi connectivity index (χ4n) is 5.36. The highest BCUT2D eigenvalue weighted by molar-refractivity contribution is 5.36. The second-order valence-corrected chi connectivity index (χ2v) is 8.35. The first-order chi connectivity index (χ1) is 11.3. The molecule has 1 saturated heterocycles. The van der Waals surface area contributed by atoms with Gasteiger partial charge < -0.3 is 9.80 Å². The molecule has 1 aliphatic heterocycles. The fourth-order valence-corrected chi connectivity index (χ4v) is 5.36. The summed E-state index contributed by atoms with van der Waals surface area (Å²) in [7, 11) is 0. The summed E-state index contributed by atoms with van der Waals surface area (Å²) in [5.41, 5.74) is 9.13. The van der Waals surface area contributed by atoms with Crippen molar-refractivity contribution in [2.45, 2.75) is 67.5 Å².